The first-order valence-electron chi connectivity index (χ1n) is 14.6. The Kier molecular flexibility index (Phi) is 7.92. The molecule has 1 amide bonds. The van der Waals surface area contributed by atoms with Gasteiger partial charge in [0.2, 0.25) is 11.9 Å². The molecule has 1 fully saturated rings. The average Bonchev–Trinajstić information content (AvgIpc) is 3.02. The topological polar surface area (TPSA) is 65.0 Å². The lowest BCUT2D eigenvalue weighted by Crippen LogP contribution is -2.48. The molecule has 9 heteroatoms. The first-order valence-corrected chi connectivity index (χ1v) is 14.9. The standard InChI is InChI=1S/C33H37ClN6O2/c1-5-28(41)39-16-18-40(19-17-39)32-30-27(35-33(36-32)38(4)15-14-37(2)3)21-25(24-12-8-20-42-31(24)30)23-11-6-9-22-10-7-13-26(34)29(22)23/h5-7,9-11,13,21H,1,8,12,14-20H2,2-4H3. The number of nitrogens with zero attached hydrogens (tertiary/aromatic N) is 6. The maximum Gasteiger partial charge on any atom is 0.246 e. The third-order valence-corrected chi connectivity index (χ3v) is 8.58. The predicted octanol–water partition coefficient (Wildman–Crippen LogP) is 5.26. The van der Waals surface area contributed by atoms with Gasteiger partial charge in [-0.1, -0.05) is 48.5 Å². The van der Waals surface area contributed by atoms with Gasteiger partial charge in [0, 0.05) is 62.3 Å². The van der Waals surface area contributed by atoms with Crippen molar-refractivity contribution in [1.82, 2.24) is 19.8 Å². The van der Waals surface area contributed by atoms with Gasteiger partial charge in [-0.25, -0.2) is 4.98 Å². The Balaban J connectivity index is 1.56. The summed E-state index contributed by atoms with van der Waals surface area (Å²) in [7, 11) is 6.17. The summed E-state index contributed by atoms with van der Waals surface area (Å²) >= 11 is 6.80. The molecule has 1 saturated heterocycles. The van der Waals surface area contributed by atoms with Crippen LogP contribution in [0.5, 0.6) is 5.75 Å². The molecule has 6 rings (SSSR count). The van der Waals surface area contributed by atoms with E-state index < -0.39 is 0 Å². The monoisotopic (exact) mass is 584 g/mol. The van der Waals surface area contributed by atoms with Crippen LogP contribution in [0.25, 0.3) is 32.8 Å². The fourth-order valence-electron chi connectivity index (χ4n) is 5.98. The van der Waals surface area contributed by atoms with Crippen molar-refractivity contribution >= 4 is 50.9 Å². The zero-order chi connectivity index (χ0) is 29.4. The normalized spacial score (nSPS) is 15.2. The summed E-state index contributed by atoms with van der Waals surface area (Å²) in [6.07, 6.45) is 3.22. The Morgan fingerprint density at radius 3 is 2.52 bits per heavy atom. The lowest BCUT2D eigenvalue weighted by atomic mass is 9.89. The summed E-state index contributed by atoms with van der Waals surface area (Å²) in [6.45, 7) is 8.52. The van der Waals surface area contributed by atoms with Crippen molar-refractivity contribution < 1.29 is 9.53 Å². The Hall–Kier alpha value is -3.88. The number of likely N-dealkylation sites (N-methyl/N-ethyl adjacent to an activating group) is 2. The number of rotatable bonds is 7. The van der Waals surface area contributed by atoms with Gasteiger partial charge < -0.3 is 24.3 Å². The quantitative estimate of drug-likeness (QED) is 0.275. The number of hydrogen-bond acceptors (Lipinski definition) is 7. The SMILES string of the molecule is C=CC(=O)N1CCN(c2nc(N(C)CCN(C)C)nc3cc(-c4cccc5cccc(Cl)c45)c4c(c23)OCCC4)CC1. The van der Waals surface area contributed by atoms with Gasteiger partial charge in [-0.2, -0.15) is 4.98 Å². The molecule has 4 aromatic rings. The number of halogens is 1. The molecule has 2 aliphatic heterocycles. The fourth-order valence-corrected chi connectivity index (χ4v) is 6.26. The van der Waals surface area contributed by atoms with Crippen LogP contribution in [-0.4, -0.2) is 92.7 Å². The highest BCUT2D eigenvalue weighted by Gasteiger charge is 2.29. The van der Waals surface area contributed by atoms with Crippen molar-refractivity contribution in [3.05, 3.63) is 65.7 Å². The number of ether oxygens (including phenoxy) is 1. The molecule has 42 heavy (non-hydrogen) atoms. The van der Waals surface area contributed by atoms with Crippen molar-refractivity contribution in [3.63, 3.8) is 0 Å². The van der Waals surface area contributed by atoms with E-state index in [-0.39, 0.29) is 5.91 Å². The van der Waals surface area contributed by atoms with Crippen LogP contribution in [0.2, 0.25) is 5.02 Å². The van der Waals surface area contributed by atoms with Crippen molar-refractivity contribution in [3.8, 4) is 16.9 Å². The second kappa shape index (κ2) is 11.8. The molecule has 0 radical (unpaired) electrons. The van der Waals surface area contributed by atoms with Crippen LogP contribution in [0.4, 0.5) is 11.8 Å². The van der Waals surface area contributed by atoms with E-state index in [0.29, 0.717) is 38.7 Å². The van der Waals surface area contributed by atoms with E-state index in [1.165, 1.54) is 11.6 Å². The molecule has 218 valence electrons. The molecule has 0 bridgehead atoms. The summed E-state index contributed by atoms with van der Waals surface area (Å²) in [5.74, 6) is 2.35. The van der Waals surface area contributed by atoms with E-state index in [1.54, 1.807) is 0 Å². The van der Waals surface area contributed by atoms with E-state index in [1.807, 2.05) is 24.1 Å². The molecule has 2 aliphatic rings. The van der Waals surface area contributed by atoms with Gasteiger partial charge in [0.15, 0.2) is 0 Å². The summed E-state index contributed by atoms with van der Waals surface area (Å²) in [5, 5.41) is 3.81. The number of hydrogen-bond donors (Lipinski definition) is 0. The summed E-state index contributed by atoms with van der Waals surface area (Å²) in [5.41, 5.74) is 4.20. The highest BCUT2D eigenvalue weighted by atomic mass is 35.5. The van der Waals surface area contributed by atoms with Gasteiger partial charge >= 0.3 is 0 Å². The van der Waals surface area contributed by atoms with E-state index in [0.717, 1.165) is 75.3 Å². The van der Waals surface area contributed by atoms with E-state index in [4.69, 9.17) is 26.3 Å². The molecule has 0 unspecified atom stereocenters. The maximum absolute atomic E-state index is 12.3. The molecule has 0 aliphatic carbocycles. The van der Waals surface area contributed by atoms with E-state index in [9.17, 15) is 4.79 Å². The van der Waals surface area contributed by atoms with Gasteiger partial charge in [-0.05, 0) is 61.7 Å². The molecule has 0 N–H and O–H groups in total. The summed E-state index contributed by atoms with van der Waals surface area (Å²) in [6, 6.07) is 14.6. The van der Waals surface area contributed by atoms with Crippen molar-refractivity contribution in [2.24, 2.45) is 0 Å². The number of carbonyl (C=O) groups is 1. The first-order chi connectivity index (χ1) is 20.4. The minimum absolute atomic E-state index is 0.0367. The Bertz CT molecular complexity index is 1660. The van der Waals surface area contributed by atoms with Gasteiger partial charge in [0.1, 0.15) is 11.6 Å². The minimum Gasteiger partial charge on any atom is -0.492 e. The van der Waals surface area contributed by atoms with Crippen molar-refractivity contribution in [2.45, 2.75) is 12.8 Å². The number of piperazine rings is 1. The third-order valence-electron chi connectivity index (χ3n) is 8.26. The number of anilines is 2. The van der Waals surface area contributed by atoms with Crippen LogP contribution >= 0.6 is 11.6 Å². The number of benzene rings is 3. The van der Waals surface area contributed by atoms with Crippen LogP contribution in [0.15, 0.2) is 55.1 Å². The van der Waals surface area contributed by atoms with E-state index >= 15 is 0 Å². The Morgan fingerprint density at radius 2 is 1.79 bits per heavy atom. The third kappa shape index (κ3) is 5.25. The second-order valence-electron chi connectivity index (χ2n) is 11.3. The minimum atomic E-state index is -0.0367. The van der Waals surface area contributed by atoms with Crippen LogP contribution in [-0.2, 0) is 11.2 Å². The van der Waals surface area contributed by atoms with Gasteiger partial charge in [0.05, 0.1) is 17.5 Å². The molecule has 0 atom stereocenters. The van der Waals surface area contributed by atoms with Gasteiger partial charge in [-0.15, -0.1) is 0 Å². The highest BCUT2D eigenvalue weighted by Crippen LogP contribution is 2.46. The number of aromatic nitrogens is 2. The number of carbonyl (C=O) groups excluding carboxylic acids is 1. The van der Waals surface area contributed by atoms with Crippen molar-refractivity contribution in [2.75, 3.05) is 76.8 Å². The van der Waals surface area contributed by atoms with Crippen LogP contribution in [0.1, 0.15) is 12.0 Å². The van der Waals surface area contributed by atoms with Crippen LogP contribution < -0.4 is 14.5 Å². The maximum atomic E-state index is 12.3. The highest BCUT2D eigenvalue weighted by molar-refractivity contribution is 6.36. The zero-order valence-corrected chi connectivity index (χ0v) is 25.3. The molecule has 3 aromatic carbocycles. The molecule has 0 saturated carbocycles. The largest absolute Gasteiger partial charge is 0.492 e. The van der Waals surface area contributed by atoms with Crippen LogP contribution in [0.3, 0.4) is 0 Å². The zero-order valence-electron chi connectivity index (χ0n) is 24.6. The number of amides is 1. The molecular weight excluding hydrogens is 548 g/mol. The van der Waals surface area contributed by atoms with Crippen LogP contribution in [0, 0.1) is 0 Å². The van der Waals surface area contributed by atoms with E-state index in [2.05, 4.69) is 65.7 Å². The molecule has 3 heterocycles. The van der Waals surface area contributed by atoms with Gasteiger partial charge in [0.25, 0.3) is 0 Å². The smallest absolute Gasteiger partial charge is 0.246 e. The molecule has 8 nitrogen and oxygen atoms in total. The average molecular weight is 585 g/mol. The summed E-state index contributed by atoms with van der Waals surface area (Å²) in [4.78, 5) is 31.0. The Labute approximate surface area is 252 Å². The lowest BCUT2D eigenvalue weighted by Gasteiger charge is -2.36. The predicted molar refractivity (Wildman–Crippen MR) is 172 cm³/mol. The molecule has 0 spiro atoms. The van der Waals surface area contributed by atoms with Gasteiger partial charge in [-0.3, -0.25) is 4.79 Å². The van der Waals surface area contributed by atoms with Crippen molar-refractivity contribution in [1.29, 1.82) is 0 Å². The lowest BCUT2D eigenvalue weighted by molar-refractivity contribution is -0.126. The molecular formula is C33H37ClN6O2. The molecule has 1 aromatic heterocycles. The summed E-state index contributed by atoms with van der Waals surface area (Å²) < 4.78 is 6.49. The number of fused-ring (bicyclic) bond motifs is 4. The fraction of sp³-hybridized carbons (Fsp3) is 0.364. The second-order valence-corrected chi connectivity index (χ2v) is 11.7. The Morgan fingerprint density at radius 1 is 1.02 bits per heavy atom. The first kappa shape index (κ1) is 28.2.